The Balaban J connectivity index is 2.10. The fourth-order valence-electron chi connectivity index (χ4n) is 2.50. The molecule has 2 heterocycles. The average molecular weight is 394 g/mol. The summed E-state index contributed by atoms with van der Waals surface area (Å²) in [5.74, 6) is 0.790. The zero-order valence-electron chi connectivity index (χ0n) is 14.5. The highest BCUT2D eigenvalue weighted by Gasteiger charge is 2.30. The monoisotopic (exact) mass is 393 g/mol. The van der Waals surface area contributed by atoms with Crippen molar-refractivity contribution in [3.05, 3.63) is 52.9 Å². The van der Waals surface area contributed by atoms with Gasteiger partial charge < -0.3 is 5.32 Å². The lowest BCUT2D eigenvalue weighted by Crippen LogP contribution is -2.05. The molecule has 9 heteroatoms. The van der Waals surface area contributed by atoms with E-state index in [0.717, 1.165) is 12.1 Å². The molecular weight excluding hydrogens is 379 g/mol. The summed E-state index contributed by atoms with van der Waals surface area (Å²) in [6.07, 6.45) is -2.38. The van der Waals surface area contributed by atoms with Crippen LogP contribution in [0.25, 0.3) is 22.8 Å². The first-order valence-electron chi connectivity index (χ1n) is 8.08. The topological polar surface area (TPSA) is 63.6 Å². The molecule has 0 aliphatic carbocycles. The summed E-state index contributed by atoms with van der Waals surface area (Å²) in [6, 6.07) is 6.39. The van der Waals surface area contributed by atoms with E-state index in [2.05, 4.69) is 25.3 Å². The molecule has 0 atom stereocenters. The van der Waals surface area contributed by atoms with Crippen LogP contribution in [0.2, 0.25) is 5.15 Å². The van der Waals surface area contributed by atoms with E-state index in [4.69, 9.17) is 11.6 Å². The van der Waals surface area contributed by atoms with Crippen LogP contribution in [0.4, 0.5) is 19.0 Å². The molecular formula is C18H15ClF3N5. The summed E-state index contributed by atoms with van der Waals surface area (Å²) in [4.78, 5) is 17.4. The maximum atomic E-state index is 12.8. The number of halogens is 4. The van der Waals surface area contributed by atoms with Crippen molar-refractivity contribution in [2.45, 2.75) is 19.5 Å². The standard InChI is InChI=1S/C18H15ClF3N5/c1-3-12-16(24-9-14(19)25-12)13-8-15(23-2)27-17(26-13)10-4-6-11(7-5-10)18(20,21)22/h4-9H,3H2,1-2H3,(H,23,26,27). The summed E-state index contributed by atoms with van der Waals surface area (Å²) in [6.45, 7) is 1.92. The zero-order chi connectivity index (χ0) is 19.6. The predicted octanol–water partition coefficient (Wildman–Crippen LogP) is 4.88. The minimum atomic E-state index is -4.40. The summed E-state index contributed by atoms with van der Waals surface area (Å²) < 4.78 is 38.3. The van der Waals surface area contributed by atoms with E-state index in [-0.39, 0.29) is 11.0 Å². The number of aryl methyl sites for hydroxylation is 1. The van der Waals surface area contributed by atoms with Gasteiger partial charge in [0.1, 0.15) is 16.7 Å². The molecule has 0 bridgehead atoms. The van der Waals surface area contributed by atoms with Crippen LogP contribution in [0.1, 0.15) is 18.2 Å². The van der Waals surface area contributed by atoms with Gasteiger partial charge in [-0.2, -0.15) is 13.2 Å². The van der Waals surface area contributed by atoms with E-state index in [1.165, 1.54) is 18.3 Å². The largest absolute Gasteiger partial charge is 0.416 e. The maximum absolute atomic E-state index is 12.8. The molecule has 0 aliphatic heterocycles. The molecule has 1 aromatic carbocycles. The van der Waals surface area contributed by atoms with Crippen LogP contribution >= 0.6 is 11.6 Å². The Kier molecular flexibility index (Phi) is 5.27. The van der Waals surface area contributed by atoms with E-state index < -0.39 is 11.7 Å². The normalized spacial score (nSPS) is 11.5. The second kappa shape index (κ2) is 7.48. The lowest BCUT2D eigenvalue weighted by molar-refractivity contribution is -0.137. The lowest BCUT2D eigenvalue weighted by Gasteiger charge is -2.11. The highest BCUT2D eigenvalue weighted by Crippen LogP contribution is 2.31. The van der Waals surface area contributed by atoms with Gasteiger partial charge in [-0.25, -0.2) is 19.9 Å². The minimum Gasteiger partial charge on any atom is -0.373 e. The third-order valence-corrected chi connectivity index (χ3v) is 4.03. The Morgan fingerprint density at radius 3 is 2.37 bits per heavy atom. The van der Waals surface area contributed by atoms with Gasteiger partial charge in [-0.3, -0.25) is 0 Å². The number of nitrogens with zero attached hydrogens (tertiary/aromatic N) is 4. The number of hydrogen-bond acceptors (Lipinski definition) is 5. The van der Waals surface area contributed by atoms with Crippen LogP contribution in [0.15, 0.2) is 36.5 Å². The van der Waals surface area contributed by atoms with Crippen LogP contribution in [0, 0.1) is 0 Å². The highest BCUT2D eigenvalue weighted by atomic mass is 35.5. The minimum absolute atomic E-state index is 0.279. The first-order chi connectivity index (χ1) is 12.8. The molecule has 3 aromatic rings. The highest BCUT2D eigenvalue weighted by molar-refractivity contribution is 6.29. The predicted molar refractivity (Wildman–Crippen MR) is 97.4 cm³/mol. The third kappa shape index (κ3) is 4.16. The number of alkyl halides is 3. The zero-order valence-corrected chi connectivity index (χ0v) is 15.2. The number of anilines is 1. The van der Waals surface area contributed by atoms with Gasteiger partial charge in [-0.05, 0) is 18.6 Å². The number of benzene rings is 1. The number of rotatable bonds is 4. The van der Waals surface area contributed by atoms with Crippen molar-refractivity contribution in [1.82, 2.24) is 19.9 Å². The van der Waals surface area contributed by atoms with Crippen molar-refractivity contribution in [2.24, 2.45) is 0 Å². The average Bonchev–Trinajstić information content (AvgIpc) is 2.66. The van der Waals surface area contributed by atoms with Crippen LogP contribution in [0.3, 0.4) is 0 Å². The summed E-state index contributed by atoms with van der Waals surface area (Å²) in [5.41, 5.74) is 1.45. The Hall–Kier alpha value is -2.74. The van der Waals surface area contributed by atoms with Gasteiger partial charge in [0.15, 0.2) is 5.82 Å². The van der Waals surface area contributed by atoms with Gasteiger partial charge in [0.25, 0.3) is 0 Å². The lowest BCUT2D eigenvalue weighted by atomic mass is 10.1. The first-order valence-corrected chi connectivity index (χ1v) is 8.46. The fraction of sp³-hybridized carbons (Fsp3) is 0.222. The number of aromatic nitrogens is 4. The maximum Gasteiger partial charge on any atom is 0.416 e. The molecule has 0 fully saturated rings. The second-order valence-corrected chi connectivity index (χ2v) is 6.02. The Morgan fingerprint density at radius 2 is 1.78 bits per heavy atom. The van der Waals surface area contributed by atoms with Gasteiger partial charge >= 0.3 is 6.18 Å². The van der Waals surface area contributed by atoms with Gasteiger partial charge in [0, 0.05) is 18.7 Å². The fourth-order valence-corrected chi connectivity index (χ4v) is 2.65. The van der Waals surface area contributed by atoms with Gasteiger partial charge in [-0.15, -0.1) is 0 Å². The van der Waals surface area contributed by atoms with Gasteiger partial charge in [0.2, 0.25) is 0 Å². The SMILES string of the molecule is CCc1nc(Cl)cnc1-c1cc(NC)nc(-c2ccc(C(F)(F)F)cc2)n1. The Labute approximate surface area is 158 Å². The summed E-state index contributed by atoms with van der Waals surface area (Å²) >= 11 is 5.91. The smallest absolute Gasteiger partial charge is 0.373 e. The van der Waals surface area contributed by atoms with E-state index in [0.29, 0.717) is 34.9 Å². The van der Waals surface area contributed by atoms with Gasteiger partial charge in [0.05, 0.1) is 23.1 Å². The van der Waals surface area contributed by atoms with E-state index in [9.17, 15) is 13.2 Å². The molecule has 0 saturated heterocycles. The van der Waals surface area contributed by atoms with E-state index >= 15 is 0 Å². The van der Waals surface area contributed by atoms with Crippen LogP contribution in [0.5, 0.6) is 0 Å². The Morgan fingerprint density at radius 1 is 1.07 bits per heavy atom. The molecule has 0 unspecified atom stereocenters. The molecule has 1 N–H and O–H groups in total. The molecule has 3 rings (SSSR count). The van der Waals surface area contributed by atoms with Crippen molar-refractivity contribution in [3.63, 3.8) is 0 Å². The number of hydrogen-bond donors (Lipinski definition) is 1. The molecule has 0 saturated carbocycles. The van der Waals surface area contributed by atoms with Crippen molar-refractivity contribution >= 4 is 17.4 Å². The van der Waals surface area contributed by atoms with E-state index in [1.54, 1.807) is 13.1 Å². The van der Waals surface area contributed by atoms with E-state index in [1.807, 2.05) is 6.92 Å². The molecule has 0 radical (unpaired) electrons. The molecule has 5 nitrogen and oxygen atoms in total. The van der Waals surface area contributed by atoms with Crippen LogP contribution in [-0.2, 0) is 12.6 Å². The van der Waals surface area contributed by atoms with Crippen molar-refractivity contribution < 1.29 is 13.2 Å². The van der Waals surface area contributed by atoms with Crippen molar-refractivity contribution in [2.75, 3.05) is 12.4 Å². The summed E-state index contributed by atoms with van der Waals surface area (Å²) in [5, 5.41) is 3.21. The first kappa shape index (κ1) is 19.0. The van der Waals surface area contributed by atoms with Gasteiger partial charge in [-0.1, -0.05) is 30.7 Å². The van der Waals surface area contributed by atoms with Crippen molar-refractivity contribution in [3.8, 4) is 22.8 Å². The molecule has 2 aromatic heterocycles. The Bertz CT molecular complexity index is 958. The third-order valence-electron chi connectivity index (χ3n) is 3.85. The molecule has 140 valence electrons. The van der Waals surface area contributed by atoms with Crippen LogP contribution in [-0.4, -0.2) is 27.0 Å². The second-order valence-electron chi connectivity index (χ2n) is 5.63. The number of nitrogens with one attached hydrogen (secondary N) is 1. The van der Waals surface area contributed by atoms with Crippen molar-refractivity contribution in [1.29, 1.82) is 0 Å². The molecule has 27 heavy (non-hydrogen) atoms. The summed E-state index contributed by atoms with van der Waals surface area (Å²) in [7, 11) is 1.69. The molecule has 0 spiro atoms. The molecule has 0 amide bonds. The quantitative estimate of drug-likeness (QED) is 0.684. The molecule has 0 aliphatic rings. The van der Waals surface area contributed by atoms with Crippen LogP contribution < -0.4 is 5.32 Å².